The zero-order valence-corrected chi connectivity index (χ0v) is 16.8. The maximum atomic E-state index is 6.48. The van der Waals surface area contributed by atoms with Crippen LogP contribution in [0.25, 0.3) is 0 Å². The van der Waals surface area contributed by atoms with Crippen molar-refractivity contribution in [3.05, 3.63) is 85.5 Å². The van der Waals surface area contributed by atoms with Crippen molar-refractivity contribution in [1.82, 2.24) is 5.01 Å². The van der Waals surface area contributed by atoms with Crippen LogP contribution in [0, 0.1) is 0 Å². The van der Waals surface area contributed by atoms with Crippen molar-refractivity contribution in [1.29, 1.82) is 0 Å². The summed E-state index contributed by atoms with van der Waals surface area (Å²) in [6.45, 7) is 0. The third-order valence-electron chi connectivity index (χ3n) is 4.73. The Hall–Kier alpha value is -1.82. The fourth-order valence-corrected chi connectivity index (χ4v) is 4.86. The van der Waals surface area contributed by atoms with Gasteiger partial charge in [-0.1, -0.05) is 51.8 Å². The summed E-state index contributed by atoms with van der Waals surface area (Å²) in [5, 5.41) is 9.78. The van der Waals surface area contributed by atoms with E-state index >= 15 is 0 Å². The van der Waals surface area contributed by atoms with Crippen LogP contribution in [0.2, 0.25) is 5.02 Å². The number of rotatable bonds is 2. The summed E-state index contributed by atoms with van der Waals surface area (Å²) < 4.78 is 7.39. The summed E-state index contributed by atoms with van der Waals surface area (Å²) >= 11 is 11.8. The monoisotopic (exact) mass is 444 g/mol. The minimum atomic E-state index is -0.333. The topological polar surface area (TPSA) is 24.8 Å². The molecule has 3 nitrogen and oxygen atoms in total. The first-order valence-corrected chi connectivity index (χ1v) is 10.4. The molecule has 1 aromatic heterocycles. The zero-order valence-electron chi connectivity index (χ0n) is 13.6. The molecule has 0 saturated heterocycles. The van der Waals surface area contributed by atoms with Gasteiger partial charge in [-0.3, -0.25) is 0 Å². The molecule has 0 aliphatic carbocycles. The predicted octanol–water partition coefficient (Wildman–Crippen LogP) is 6.41. The molecule has 0 bridgehead atoms. The fraction of sp³-hybridized carbons (Fsp3) is 0.150. The molecule has 2 aliphatic heterocycles. The van der Waals surface area contributed by atoms with Crippen molar-refractivity contribution in [2.75, 3.05) is 0 Å². The highest BCUT2D eigenvalue weighted by atomic mass is 79.9. The van der Waals surface area contributed by atoms with Gasteiger partial charge in [0.05, 0.1) is 16.6 Å². The van der Waals surface area contributed by atoms with Gasteiger partial charge >= 0.3 is 0 Å². The summed E-state index contributed by atoms with van der Waals surface area (Å²) in [7, 11) is 0. The first kappa shape index (κ1) is 16.4. The molecule has 6 heteroatoms. The Labute approximate surface area is 169 Å². The van der Waals surface area contributed by atoms with Crippen LogP contribution in [-0.2, 0) is 0 Å². The third-order valence-corrected chi connectivity index (χ3v) is 6.49. The number of benzene rings is 2. The van der Waals surface area contributed by atoms with Crippen LogP contribution in [0.5, 0.6) is 5.75 Å². The van der Waals surface area contributed by atoms with Gasteiger partial charge < -0.3 is 4.74 Å². The quantitative estimate of drug-likeness (QED) is 0.455. The average molecular weight is 446 g/mol. The molecule has 3 aromatic rings. The molecule has 130 valence electrons. The van der Waals surface area contributed by atoms with Gasteiger partial charge in [0.1, 0.15) is 5.75 Å². The molecule has 2 atom stereocenters. The highest BCUT2D eigenvalue weighted by Gasteiger charge is 2.41. The lowest BCUT2D eigenvalue weighted by molar-refractivity contribution is -0.0190. The molecule has 2 aromatic carbocycles. The first-order valence-electron chi connectivity index (χ1n) is 8.31. The Kier molecular flexibility index (Phi) is 4.03. The van der Waals surface area contributed by atoms with Crippen molar-refractivity contribution in [2.24, 2.45) is 5.10 Å². The van der Waals surface area contributed by atoms with Gasteiger partial charge in [0.25, 0.3) is 0 Å². The average Bonchev–Trinajstić information content (AvgIpc) is 3.31. The summed E-state index contributed by atoms with van der Waals surface area (Å²) in [6.07, 6.45) is 0.522. The number of nitrogens with zero attached hydrogens (tertiary/aromatic N) is 2. The van der Waals surface area contributed by atoms with E-state index in [1.807, 2.05) is 36.4 Å². The third kappa shape index (κ3) is 2.66. The van der Waals surface area contributed by atoms with Gasteiger partial charge in [0.2, 0.25) is 6.23 Å². The van der Waals surface area contributed by atoms with Crippen LogP contribution in [-0.4, -0.2) is 10.7 Å². The van der Waals surface area contributed by atoms with Crippen molar-refractivity contribution in [3.8, 4) is 5.75 Å². The Bertz CT molecular complexity index is 1000. The normalized spacial score (nSPS) is 21.0. The van der Waals surface area contributed by atoms with Crippen molar-refractivity contribution < 1.29 is 4.74 Å². The Morgan fingerprint density at radius 3 is 2.81 bits per heavy atom. The summed E-state index contributed by atoms with van der Waals surface area (Å²) in [5.74, 6) is 0.891. The minimum Gasteiger partial charge on any atom is -0.464 e. The number of ether oxygens (including phenoxy) is 1. The first-order chi connectivity index (χ1) is 12.7. The van der Waals surface area contributed by atoms with Crippen LogP contribution in [0.15, 0.2) is 69.6 Å². The van der Waals surface area contributed by atoms with E-state index in [1.165, 1.54) is 4.88 Å². The van der Waals surface area contributed by atoms with E-state index in [9.17, 15) is 0 Å². The van der Waals surface area contributed by atoms with Gasteiger partial charge in [-0.25, -0.2) is 5.01 Å². The van der Waals surface area contributed by atoms with Gasteiger partial charge in [-0.2, -0.15) is 5.10 Å². The van der Waals surface area contributed by atoms with Crippen molar-refractivity contribution in [3.63, 3.8) is 0 Å². The predicted molar refractivity (Wildman–Crippen MR) is 109 cm³/mol. The van der Waals surface area contributed by atoms with Gasteiger partial charge in [0.15, 0.2) is 0 Å². The summed E-state index contributed by atoms with van der Waals surface area (Å²) in [6, 6.07) is 18.3. The second kappa shape index (κ2) is 6.41. The van der Waals surface area contributed by atoms with Crippen molar-refractivity contribution >= 4 is 44.6 Å². The molecule has 0 spiro atoms. The van der Waals surface area contributed by atoms with Crippen LogP contribution >= 0.6 is 38.9 Å². The van der Waals surface area contributed by atoms with Crippen LogP contribution in [0.4, 0.5) is 0 Å². The Balaban J connectivity index is 1.64. The molecule has 0 N–H and O–H groups in total. The maximum Gasteiger partial charge on any atom is 0.215 e. The largest absolute Gasteiger partial charge is 0.464 e. The highest BCUT2D eigenvalue weighted by Crippen LogP contribution is 2.49. The minimum absolute atomic E-state index is 0.134. The van der Waals surface area contributed by atoms with Crippen molar-refractivity contribution in [2.45, 2.75) is 18.7 Å². The van der Waals surface area contributed by atoms with E-state index in [0.717, 1.165) is 33.5 Å². The maximum absolute atomic E-state index is 6.48. The fourth-order valence-electron chi connectivity index (χ4n) is 3.53. The van der Waals surface area contributed by atoms with E-state index in [-0.39, 0.29) is 12.3 Å². The number of fused-ring (bicyclic) bond motifs is 3. The molecule has 0 radical (unpaired) electrons. The molecular formula is C20H14BrClN2OS. The smallest absolute Gasteiger partial charge is 0.215 e. The Morgan fingerprint density at radius 1 is 1.12 bits per heavy atom. The van der Waals surface area contributed by atoms with E-state index < -0.39 is 0 Å². The molecule has 5 rings (SSSR count). The second-order valence-electron chi connectivity index (χ2n) is 6.30. The molecular weight excluding hydrogens is 432 g/mol. The molecule has 2 unspecified atom stereocenters. The van der Waals surface area contributed by atoms with E-state index in [2.05, 4.69) is 44.5 Å². The lowest BCUT2D eigenvalue weighted by Crippen LogP contribution is -2.33. The van der Waals surface area contributed by atoms with Crippen LogP contribution in [0.3, 0.4) is 0 Å². The van der Waals surface area contributed by atoms with Crippen LogP contribution in [0.1, 0.15) is 34.7 Å². The number of thiophene rings is 1. The summed E-state index contributed by atoms with van der Waals surface area (Å²) in [4.78, 5) is 1.20. The standard InChI is InChI=1S/C20H14BrClN2OS/c21-12-7-8-18-14(10-12)17-11-16(19-6-3-9-26-19)23-24(17)20(25-18)13-4-1-2-5-15(13)22/h1-10,17,20H,11H2. The second-order valence-corrected chi connectivity index (χ2v) is 8.57. The summed E-state index contributed by atoms with van der Waals surface area (Å²) in [5.41, 5.74) is 3.18. The van der Waals surface area contributed by atoms with Gasteiger partial charge in [-0.05, 0) is 35.7 Å². The highest BCUT2D eigenvalue weighted by molar-refractivity contribution is 9.10. The molecule has 0 fully saturated rings. The number of halogens is 2. The molecule has 0 saturated carbocycles. The molecule has 3 heterocycles. The van der Waals surface area contributed by atoms with Crippen LogP contribution < -0.4 is 4.74 Å². The Morgan fingerprint density at radius 2 is 2.00 bits per heavy atom. The van der Waals surface area contributed by atoms with Gasteiger partial charge in [0, 0.05) is 27.0 Å². The number of hydrazone groups is 1. The SMILES string of the molecule is Clc1ccccc1C1Oc2ccc(Br)cc2C2CC(c3cccs3)=NN21. The molecule has 26 heavy (non-hydrogen) atoms. The zero-order chi connectivity index (χ0) is 17.7. The lowest BCUT2D eigenvalue weighted by Gasteiger charge is -2.38. The number of hydrogen-bond donors (Lipinski definition) is 0. The molecule has 0 amide bonds. The van der Waals surface area contributed by atoms with E-state index in [4.69, 9.17) is 21.4 Å². The van der Waals surface area contributed by atoms with E-state index in [0.29, 0.717) is 5.02 Å². The van der Waals surface area contributed by atoms with Gasteiger partial charge in [-0.15, -0.1) is 11.3 Å². The lowest BCUT2D eigenvalue weighted by atomic mass is 9.98. The number of hydrogen-bond acceptors (Lipinski definition) is 4. The van der Waals surface area contributed by atoms with E-state index in [1.54, 1.807) is 11.3 Å². The molecule has 2 aliphatic rings.